The summed E-state index contributed by atoms with van der Waals surface area (Å²) in [5, 5.41) is 0. The molecule has 5 nitrogen and oxygen atoms in total. The lowest BCUT2D eigenvalue weighted by Gasteiger charge is -2.09. The summed E-state index contributed by atoms with van der Waals surface area (Å²) in [4.78, 5) is 22.0. The zero-order valence-electron chi connectivity index (χ0n) is 8.57. The van der Waals surface area contributed by atoms with Crippen LogP contribution >= 0.6 is 0 Å². The van der Waals surface area contributed by atoms with Crippen molar-refractivity contribution in [3.8, 4) is 0 Å². The van der Waals surface area contributed by atoms with Gasteiger partial charge in [0.15, 0.2) is 6.10 Å². The number of anilines is 1. The van der Waals surface area contributed by atoms with E-state index in [0.29, 0.717) is 0 Å². The number of hydrogen-bond acceptors (Lipinski definition) is 4. The second-order valence-corrected chi connectivity index (χ2v) is 3.19. The number of primary amides is 1. The fourth-order valence-electron chi connectivity index (χ4n) is 0.941. The molecule has 0 heterocycles. The molecule has 1 atom stereocenters. The van der Waals surface area contributed by atoms with Gasteiger partial charge in [-0.15, -0.1) is 0 Å². The molecule has 1 aromatic carbocycles. The van der Waals surface area contributed by atoms with Gasteiger partial charge in [0.25, 0.3) is 5.91 Å². The van der Waals surface area contributed by atoms with Crippen LogP contribution in [0, 0.1) is 5.82 Å². The van der Waals surface area contributed by atoms with E-state index >= 15 is 0 Å². The number of benzene rings is 1. The van der Waals surface area contributed by atoms with Gasteiger partial charge in [0.1, 0.15) is 5.82 Å². The van der Waals surface area contributed by atoms with Crippen LogP contribution in [0.4, 0.5) is 10.1 Å². The summed E-state index contributed by atoms with van der Waals surface area (Å²) >= 11 is 0. The molecular weight excluding hydrogens is 215 g/mol. The van der Waals surface area contributed by atoms with Crippen molar-refractivity contribution in [2.45, 2.75) is 13.0 Å². The number of ether oxygens (including phenoxy) is 1. The minimum Gasteiger partial charge on any atom is -0.449 e. The first-order chi connectivity index (χ1) is 7.41. The molecule has 1 amide bonds. The quantitative estimate of drug-likeness (QED) is 0.577. The Kier molecular flexibility index (Phi) is 3.44. The Labute approximate surface area is 91.2 Å². The Morgan fingerprint density at radius 2 is 2.06 bits per heavy atom. The highest BCUT2D eigenvalue weighted by atomic mass is 19.1. The zero-order valence-corrected chi connectivity index (χ0v) is 8.57. The SMILES string of the molecule is CC(OC(=O)c1ccc(N)c(F)c1)C(N)=O. The minimum absolute atomic E-state index is 0.0280. The summed E-state index contributed by atoms with van der Waals surface area (Å²) in [5.74, 6) is -2.32. The van der Waals surface area contributed by atoms with Crippen LogP contribution in [0.2, 0.25) is 0 Å². The van der Waals surface area contributed by atoms with Gasteiger partial charge in [-0.1, -0.05) is 0 Å². The molecule has 1 rings (SSSR count). The van der Waals surface area contributed by atoms with E-state index in [4.69, 9.17) is 11.5 Å². The van der Waals surface area contributed by atoms with E-state index in [2.05, 4.69) is 4.74 Å². The second-order valence-electron chi connectivity index (χ2n) is 3.19. The normalized spacial score (nSPS) is 11.9. The molecule has 0 bridgehead atoms. The molecule has 0 aromatic heterocycles. The first kappa shape index (κ1) is 12.0. The number of rotatable bonds is 3. The maximum absolute atomic E-state index is 13.0. The number of esters is 1. The molecule has 4 N–H and O–H groups in total. The summed E-state index contributed by atoms with van der Waals surface area (Å²) in [7, 11) is 0. The third kappa shape index (κ3) is 2.69. The number of hydrogen-bond donors (Lipinski definition) is 2. The van der Waals surface area contributed by atoms with Crippen LogP contribution in [-0.4, -0.2) is 18.0 Å². The van der Waals surface area contributed by atoms with Gasteiger partial charge < -0.3 is 16.2 Å². The lowest BCUT2D eigenvalue weighted by Crippen LogP contribution is -2.30. The van der Waals surface area contributed by atoms with Crippen molar-refractivity contribution in [1.82, 2.24) is 0 Å². The summed E-state index contributed by atoms with van der Waals surface area (Å²) in [6.07, 6.45) is -1.06. The van der Waals surface area contributed by atoms with Crippen molar-refractivity contribution in [3.05, 3.63) is 29.6 Å². The smallest absolute Gasteiger partial charge is 0.339 e. The molecular formula is C10H11FN2O3. The fourth-order valence-corrected chi connectivity index (χ4v) is 0.941. The van der Waals surface area contributed by atoms with Crippen molar-refractivity contribution < 1.29 is 18.7 Å². The first-order valence-electron chi connectivity index (χ1n) is 4.47. The average Bonchev–Trinajstić information content (AvgIpc) is 2.21. The van der Waals surface area contributed by atoms with Crippen LogP contribution in [0.1, 0.15) is 17.3 Å². The van der Waals surface area contributed by atoms with Crippen molar-refractivity contribution in [2.24, 2.45) is 5.73 Å². The van der Waals surface area contributed by atoms with Gasteiger partial charge >= 0.3 is 5.97 Å². The van der Waals surface area contributed by atoms with Crippen molar-refractivity contribution in [1.29, 1.82) is 0 Å². The molecule has 1 aromatic rings. The molecule has 1 unspecified atom stereocenters. The van der Waals surface area contributed by atoms with E-state index in [1.54, 1.807) is 0 Å². The van der Waals surface area contributed by atoms with Gasteiger partial charge in [0, 0.05) is 0 Å². The molecule has 16 heavy (non-hydrogen) atoms. The predicted molar refractivity (Wildman–Crippen MR) is 54.9 cm³/mol. The molecule has 86 valence electrons. The highest BCUT2D eigenvalue weighted by molar-refractivity contribution is 5.92. The van der Waals surface area contributed by atoms with E-state index < -0.39 is 23.8 Å². The largest absolute Gasteiger partial charge is 0.449 e. The lowest BCUT2D eigenvalue weighted by atomic mass is 10.2. The molecule has 0 radical (unpaired) electrons. The Bertz CT molecular complexity index is 434. The topological polar surface area (TPSA) is 95.4 Å². The molecule has 0 aliphatic rings. The van der Waals surface area contributed by atoms with E-state index in [1.807, 2.05) is 0 Å². The van der Waals surface area contributed by atoms with Crippen LogP contribution in [0.5, 0.6) is 0 Å². The molecule has 0 saturated heterocycles. The van der Waals surface area contributed by atoms with Gasteiger partial charge in [0.2, 0.25) is 0 Å². The second kappa shape index (κ2) is 4.61. The number of carbonyl (C=O) groups excluding carboxylic acids is 2. The maximum Gasteiger partial charge on any atom is 0.339 e. The van der Waals surface area contributed by atoms with Crippen LogP contribution < -0.4 is 11.5 Å². The molecule has 0 aliphatic heterocycles. The minimum atomic E-state index is -1.06. The molecule has 0 spiro atoms. The first-order valence-corrected chi connectivity index (χ1v) is 4.47. The summed E-state index contributed by atoms with van der Waals surface area (Å²) < 4.78 is 17.7. The van der Waals surface area contributed by atoms with Crippen molar-refractivity contribution in [2.75, 3.05) is 5.73 Å². The summed E-state index contributed by atoms with van der Waals surface area (Å²) in [6, 6.07) is 3.47. The number of nitrogen functional groups attached to an aromatic ring is 1. The Hall–Kier alpha value is -2.11. The fraction of sp³-hybridized carbons (Fsp3) is 0.200. The monoisotopic (exact) mass is 226 g/mol. The van der Waals surface area contributed by atoms with Crippen LogP contribution in [0.15, 0.2) is 18.2 Å². The van der Waals surface area contributed by atoms with Crippen LogP contribution in [0.3, 0.4) is 0 Å². The van der Waals surface area contributed by atoms with Gasteiger partial charge in [-0.05, 0) is 25.1 Å². The Morgan fingerprint density at radius 3 is 2.56 bits per heavy atom. The highest BCUT2D eigenvalue weighted by Gasteiger charge is 2.16. The van der Waals surface area contributed by atoms with E-state index in [1.165, 1.54) is 19.1 Å². The number of nitrogens with two attached hydrogens (primary N) is 2. The van der Waals surface area contributed by atoms with Crippen molar-refractivity contribution in [3.63, 3.8) is 0 Å². The Morgan fingerprint density at radius 1 is 1.44 bits per heavy atom. The van der Waals surface area contributed by atoms with Gasteiger partial charge in [-0.2, -0.15) is 0 Å². The third-order valence-electron chi connectivity index (χ3n) is 1.92. The third-order valence-corrected chi connectivity index (χ3v) is 1.92. The zero-order chi connectivity index (χ0) is 12.3. The maximum atomic E-state index is 13.0. The van der Waals surface area contributed by atoms with Gasteiger partial charge in [-0.25, -0.2) is 9.18 Å². The molecule has 6 heteroatoms. The molecule has 0 aliphatic carbocycles. The highest BCUT2D eigenvalue weighted by Crippen LogP contribution is 2.13. The number of amides is 1. The molecule has 0 saturated carbocycles. The van der Waals surface area contributed by atoms with E-state index in [0.717, 1.165) is 6.07 Å². The summed E-state index contributed by atoms with van der Waals surface area (Å²) in [6.45, 7) is 1.33. The Balaban J connectivity index is 2.81. The summed E-state index contributed by atoms with van der Waals surface area (Å²) in [5.41, 5.74) is 10.0. The van der Waals surface area contributed by atoms with Gasteiger partial charge in [0.05, 0.1) is 11.3 Å². The van der Waals surface area contributed by atoms with Crippen LogP contribution in [-0.2, 0) is 9.53 Å². The van der Waals surface area contributed by atoms with E-state index in [-0.39, 0.29) is 11.3 Å². The molecule has 0 fully saturated rings. The van der Waals surface area contributed by atoms with Gasteiger partial charge in [-0.3, -0.25) is 4.79 Å². The van der Waals surface area contributed by atoms with E-state index in [9.17, 15) is 14.0 Å². The van der Waals surface area contributed by atoms with Crippen LogP contribution in [0.25, 0.3) is 0 Å². The average molecular weight is 226 g/mol. The lowest BCUT2D eigenvalue weighted by molar-refractivity contribution is -0.125. The standard InChI is InChI=1S/C10H11FN2O3/c1-5(9(13)14)16-10(15)6-2-3-8(12)7(11)4-6/h2-5H,12H2,1H3,(H2,13,14). The van der Waals surface area contributed by atoms with Crippen molar-refractivity contribution >= 4 is 17.6 Å². The predicted octanol–water partition coefficient (Wildman–Crippen LogP) is 0.439. The number of carbonyl (C=O) groups is 2. The number of halogens is 1.